The van der Waals surface area contributed by atoms with Crippen molar-refractivity contribution in [3.63, 3.8) is 0 Å². The zero-order valence-corrected chi connectivity index (χ0v) is 24.7. The summed E-state index contributed by atoms with van der Waals surface area (Å²) >= 11 is 0. The maximum Gasteiger partial charge on any atom is 0.416 e. The molecule has 0 radical (unpaired) electrons. The average molecular weight is 616 g/mol. The predicted octanol–water partition coefficient (Wildman–Crippen LogP) is 5.44. The Morgan fingerprint density at radius 1 is 0.911 bits per heavy atom. The van der Waals surface area contributed by atoms with Crippen LogP contribution < -0.4 is 10.1 Å². The van der Waals surface area contributed by atoms with Crippen molar-refractivity contribution in [3.05, 3.63) is 102 Å². The highest BCUT2D eigenvalue weighted by molar-refractivity contribution is 5.95. The van der Waals surface area contributed by atoms with Crippen LogP contribution in [-0.2, 0) is 12.7 Å². The molecule has 0 aliphatic carbocycles. The Morgan fingerprint density at radius 3 is 2.31 bits per heavy atom. The van der Waals surface area contributed by atoms with Crippen LogP contribution in [0.5, 0.6) is 5.75 Å². The zero-order valence-electron chi connectivity index (χ0n) is 24.7. The summed E-state index contributed by atoms with van der Waals surface area (Å²) in [5, 5.41) is 3.30. The zero-order chi connectivity index (χ0) is 31.4. The van der Waals surface area contributed by atoms with Gasteiger partial charge in [-0.1, -0.05) is 42.5 Å². The number of likely N-dealkylation sites (N-methyl/N-ethyl adjacent to an activating group) is 1. The molecule has 2 aromatic heterocycles. The van der Waals surface area contributed by atoms with Gasteiger partial charge in [0.25, 0.3) is 5.91 Å². The van der Waals surface area contributed by atoms with E-state index in [9.17, 15) is 18.0 Å². The van der Waals surface area contributed by atoms with E-state index < -0.39 is 11.7 Å². The number of benzene rings is 3. The Morgan fingerprint density at radius 2 is 1.62 bits per heavy atom. The van der Waals surface area contributed by atoms with Crippen molar-refractivity contribution in [1.29, 1.82) is 0 Å². The fourth-order valence-electron chi connectivity index (χ4n) is 5.12. The largest absolute Gasteiger partial charge is 0.492 e. The topological polar surface area (TPSA) is 88.4 Å². The lowest BCUT2D eigenvalue weighted by Crippen LogP contribution is -2.47. The summed E-state index contributed by atoms with van der Waals surface area (Å²) in [6, 6.07) is 21.7. The number of nitrogens with zero attached hydrogens (tertiary/aromatic N) is 6. The highest BCUT2D eigenvalue weighted by Gasteiger charge is 2.30. The molecule has 0 unspecified atom stereocenters. The summed E-state index contributed by atoms with van der Waals surface area (Å²) in [4.78, 5) is 31.2. The molecule has 232 valence electrons. The third-order valence-electron chi connectivity index (χ3n) is 7.69. The van der Waals surface area contributed by atoms with E-state index in [1.54, 1.807) is 23.0 Å². The summed E-state index contributed by atoms with van der Waals surface area (Å²) in [6.45, 7) is 4.12. The molecule has 5 aromatic rings. The molecule has 0 saturated carbocycles. The molecule has 1 fully saturated rings. The van der Waals surface area contributed by atoms with Gasteiger partial charge in [-0.05, 0) is 49.0 Å². The molecular weight excluding hydrogens is 583 g/mol. The number of ether oxygens (including phenoxy) is 1. The molecule has 3 heterocycles. The number of imidazole rings is 1. The maximum atomic E-state index is 13.1. The lowest BCUT2D eigenvalue weighted by molar-refractivity contribution is -0.137. The number of anilines is 1. The van der Waals surface area contributed by atoms with Crippen LogP contribution >= 0.6 is 0 Å². The van der Waals surface area contributed by atoms with Gasteiger partial charge < -0.3 is 24.4 Å². The van der Waals surface area contributed by atoms with E-state index >= 15 is 0 Å². The van der Waals surface area contributed by atoms with Gasteiger partial charge in [0.2, 0.25) is 0 Å². The molecular formula is C33H32F3N7O2. The molecule has 1 aliphatic heterocycles. The molecule has 3 aromatic carbocycles. The molecule has 0 bridgehead atoms. The third kappa shape index (κ3) is 7.07. The fraction of sp³-hybridized carbons (Fsp3) is 0.273. The molecule has 6 rings (SSSR count). The summed E-state index contributed by atoms with van der Waals surface area (Å²) < 4.78 is 46.9. The highest BCUT2D eigenvalue weighted by atomic mass is 19.4. The number of hydrogen-bond donors (Lipinski definition) is 1. The molecule has 1 saturated heterocycles. The van der Waals surface area contributed by atoms with E-state index in [2.05, 4.69) is 15.2 Å². The van der Waals surface area contributed by atoms with Gasteiger partial charge in [-0.3, -0.25) is 4.79 Å². The Balaban J connectivity index is 1.27. The summed E-state index contributed by atoms with van der Waals surface area (Å²) in [5.74, 6) is 1.65. The Labute approximate surface area is 258 Å². The van der Waals surface area contributed by atoms with E-state index in [1.807, 2.05) is 54.4 Å². The Hall–Kier alpha value is -4.97. The molecule has 1 aliphatic rings. The minimum absolute atomic E-state index is 0.0126. The number of rotatable bonds is 9. The first-order valence-corrected chi connectivity index (χ1v) is 14.6. The van der Waals surface area contributed by atoms with Gasteiger partial charge in [0.05, 0.1) is 25.0 Å². The molecule has 0 spiro atoms. The lowest BCUT2D eigenvalue weighted by atomic mass is 10.1. The van der Waals surface area contributed by atoms with Gasteiger partial charge in [-0.2, -0.15) is 13.2 Å². The normalized spacial score (nSPS) is 14.1. The highest BCUT2D eigenvalue weighted by Crippen LogP contribution is 2.30. The van der Waals surface area contributed by atoms with Crippen molar-refractivity contribution in [1.82, 2.24) is 29.3 Å². The Kier molecular flexibility index (Phi) is 8.65. The third-order valence-corrected chi connectivity index (χ3v) is 7.69. The second-order valence-corrected chi connectivity index (χ2v) is 10.9. The van der Waals surface area contributed by atoms with Gasteiger partial charge in [0, 0.05) is 37.3 Å². The van der Waals surface area contributed by atoms with Crippen molar-refractivity contribution >= 4 is 22.9 Å². The number of nitrogens with one attached hydrogen (secondary N) is 1. The minimum atomic E-state index is -4.40. The van der Waals surface area contributed by atoms with Gasteiger partial charge in [0.15, 0.2) is 17.3 Å². The van der Waals surface area contributed by atoms with E-state index in [1.165, 1.54) is 12.1 Å². The van der Waals surface area contributed by atoms with Crippen LogP contribution in [0.3, 0.4) is 0 Å². The first-order chi connectivity index (χ1) is 21.7. The molecule has 45 heavy (non-hydrogen) atoms. The maximum absolute atomic E-state index is 13.1. The summed E-state index contributed by atoms with van der Waals surface area (Å²) in [6.07, 6.45) is -2.80. The summed E-state index contributed by atoms with van der Waals surface area (Å²) in [7, 11) is 2.04. The predicted molar refractivity (Wildman–Crippen MR) is 165 cm³/mol. The minimum Gasteiger partial charge on any atom is -0.492 e. The lowest BCUT2D eigenvalue weighted by Gasteiger charge is -2.32. The fourth-order valence-corrected chi connectivity index (χ4v) is 5.12. The molecule has 1 N–H and O–H groups in total. The number of piperazine rings is 1. The van der Waals surface area contributed by atoms with Gasteiger partial charge in [-0.15, -0.1) is 0 Å². The van der Waals surface area contributed by atoms with E-state index in [4.69, 9.17) is 14.7 Å². The van der Waals surface area contributed by atoms with Crippen LogP contribution in [0.25, 0.3) is 22.6 Å². The van der Waals surface area contributed by atoms with Gasteiger partial charge in [0.1, 0.15) is 17.9 Å². The van der Waals surface area contributed by atoms with E-state index in [0.717, 1.165) is 31.0 Å². The number of carbonyl (C=O) groups excluding carboxylic acids is 1. The number of amides is 1. The number of halogens is 3. The summed E-state index contributed by atoms with van der Waals surface area (Å²) in [5.41, 5.74) is 2.30. The van der Waals surface area contributed by atoms with Crippen LogP contribution in [0.2, 0.25) is 0 Å². The number of hydrogen-bond acceptors (Lipinski definition) is 7. The van der Waals surface area contributed by atoms with Crippen molar-refractivity contribution in [2.45, 2.75) is 12.7 Å². The van der Waals surface area contributed by atoms with Crippen molar-refractivity contribution in [2.24, 2.45) is 0 Å². The first-order valence-electron chi connectivity index (χ1n) is 14.6. The standard InChI is InChI=1S/C33H32F3N7O2/c1-41-16-18-42(19-17-41)32(44)25-11-9-24(10-12-25)29-39-30(37-15-20-45-27-5-3-2-4-6-27)28-31(40-29)43(22-38-28)21-23-7-13-26(14-8-23)33(34,35)36/h2-14,22H,15-21H2,1H3,(H,37,39,40). The van der Waals surface area contributed by atoms with Crippen LogP contribution in [0.4, 0.5) is 19.0 Å². The van der Waals surface area contributed by atoms with E-state index in [-0.39, 0.29) is 12.5 Å². The second-order valence-electron chi connectivity index (χ2n) is 10.9. The van der Waals surface area contributed by atoms with Crippen LogP contribution in [0.15, 0.2) is 85.2 Å². The number of aromatic nitrogens is 4. The van der Waals surface area contributed by atoms with Crippen molar-refractivity contribution in [3.8, 4) is 17.1 Å². The molecule has 1 amide bonds. The second kappa shape index (κ2) is 12.9. The SMILES string of the molecule is CN1CCN(C(=O)c2ccc(-c3nc(NCCOc4ccccc4)c4ncn(Cc5ccc(C(F)(F)F)cc5)c4n3)cc2)CC1. The average Bonchev–Trinajstić information content (AvgIpc) is 3.46. The quantitative estimate of drug-likeness (QED) is 0.221. The first kappa shape index (κ1) is 30.1. The van der Waals surface area contributed by atoms with Crippen LogP contribution in [0.1, 0.15) is 21.5 Å². The monoisotopic (exact) mass is 615 g/mol. The molecule has 9 nitrogen and oxygen atoms in total. The van der Waals surface area contributed by atoms with Crippen molar-refractivity contribution in [2.75, 3.05) is 51.7 Å². The van der Waals surface area contributed by atoms with Crippen LogP contribution in [0, 0.1) is 0 Å². The Bertz CT molecular complexity index is 1750. The molecule has 0 atom stereocenters. The van der Waals surface area contributed by atoms with E-state index in [0.29, 0.717) is 65.7 Å². The van der Waals surface area contributed by atoms with Gasteiger partial charge >= 0.3 is 6.18 Å². The van der Waals surface area contributed by atoms with Crippen LogP contribution in [-0.4, -0.2) is 81.6 Å². The number of alkyl halides is 3. The van der Waals surface area contributed by atoms with Gasteiger partial charge in [-0.25, -0.2) is 15.0 Å². The molecule has 12 heteroatoms. The number of fused-ring (bicyclic) bond motifs is 1. The smallest absolute Gasteiger partial charge is 0.416 e. The number of para-hydroxylation sites is 1. The van der Waals surface area contributed by atoms with Crippen molar-refractivity contribution < 1.29 is 22.7 Å². The number of carbonyl (C=O) groups is 1.